The predicted octanol–water partition coefficient (Wildman–Crippen LogP) is 1.14. The number of fused-ring (bicyclic) bond motifs is 1. The maximum Gasteiger partial charge on any atom is 0.224 e. The topological polar surface area (TPSA) is 79.6 Å². The van der Waals surface area contributed by atoms with E-state index in [1.165, 1.54) is 0 Å². The van der Waals surface area contributed by atoms with Gasteiger partial charge in [-0.25, -0.2) is 0 Å². The molecule has 116 valence electrons. The standard InChI is InChI=1S/C15H24N4O2/c1-19(7-8-21-2)6-5-17-14-9-11-3-4-15(20)18-13(11)10-12(14)16/h9-10,17H,3-8,16H2,1-2H3,(H,18,20). The molecule has 1 aromatic carbocycles. The Bertz CT molecular complexity index is 505. The number of nitrogens with two attached hydrogens (primary N) is 1. The maximum absolute atomic E-state index is 11.4. The van der Waals surface area contributed by atoms with Gasteiger partial charge in [0.1, 0.15) is 0 Å². The van der Waals surface area contributed by atoms with Crippen LogP contribution in [0.2, 0.25) is 0 Å². The number of nitrogens with one attached hydrogen (secondary N) is 2. The van der Waals surface area contributed by atoms with Gasteiger partial charge in [0.25, 0.3) is 0 Å². The molecule has 6 heteroatoms. The van der Waals surface area contributed by atoms with Gasteiger partial charge in [-0.1, -0.05) is 0 Å². The lowest BCUT2D eigenvalue weighted by Crippen LogP contribution is -2.28. The van der Waals surface area contributed by atoms with Crippen LogP contribution in [0.25, 0.3) is 0 Å². The lowest BCUT2D eigenvalue weighted by atomic mass is 10.0. The Labute approximate surface area is 125 Å². The summed E-state index contributed by atoms with van der Waals surface area (Å²) in [5, 5.41) is 6.22. The summed E-state index contributed by atoms with van der Waals surface area (Å²) in [6.07, 6.45) is 1.31. The molecule has 1 aliphatic rings. The predicted molar refractivity (Wildman–Crippen MR) is 85.7 cm³/mol. The first-order valence-electron chi connectivity index (χ1n) is 7.23. The van der Waals surface area contributed by atoms with Crippen LogP contribution in [0.3, 0.4) is 0 Å². The van der Waals surface area contributed by atoms with E-state index in [0.29, 0.717) is 12.1 Å². The first-order valence-corrected chi connectivity index (χ1v) is 7.23. The Morgan fingerprint density at radius 2 is 2.19 bits per heavy atom. The van der Waals surface area contributed by atoms with Gasteiger partial charge in [-0.15, -0.1) is 0 Å². The summed E-state index contributed by atoms with van der Waals surface area (Å²) >= 11 is 0. The van der Waals surface area contributed by atoms with E-state index >= 15 is 0 Å². The zero-order valence-electron chi connectivity index (χ0n) is 12.7. The molecule has 0 unspecified atom stereocenters. The van der Waals surface area contributed by atoms with Crippen molar-refractivity contribution in [3.8, 4) is 0 Å². The minimum absolute atomic E-state index is 0.0578. The molecule has 1 amide bonds. The molecule has 0 bridgehead atoms. The second-order valence-electron chi connectivity index (χ2n) is 5.37. The van der Waals surface area contributed by atoms with Crippen LogP contribution in [-0.2, 0) is 16.0 Å². The van der Waals surface area contributed by atoms with Gasteiger partial charge in [0, 0.05) is 38.9 Å². The number of hydrogen-bond acceptors (Lipinski definition) is 5. The number of amides is 1. The average molecular weight is 292 g/mol. The second kappa shape index (κ2) is 7.28. The molecular formula is C15H24N4O2. The molecule has 0 aromatic heterocycles. The van der Waals surface area contributed by atoms with Crippen LogP contribution < -0.4 is 16.4 Å². The summed E-state index contributed by atoms with van der Waals surface area (Å²) in [6, 6.07) is 3.88. The highest BCUT2D eigenvalue weighted by molar-refractivity contribution is 5.95. The van der Waals surface area contributed by atoms with Crippen molar-refractivity contribution in [1.82, 2.24) is 4.90 Å². The van der Waals surface area contributed by atoms with Crippen LogP contribution in [0, 0.1) is 0 Å². The third-order valence-electron chi connectivity index (χ3n) is 3.66. The van der Waals surface area contributed by atoms with Crippen LogP contribution >= 0.6 is 0 Å². The molecule has 21 heavy (non-hydrogen) atoms. The van der Waals surface area contributed by atoms with Gasteiger partial charge >= 0.3 is 0 Å². The highest BCUT2D eigenvalue weighted by atomic mass is 16.5. The number of anilines is 3. The summed E-state index contributed by atoms with van der Waals surface area (Å²) in [5.41, 5.74) is 9.61. The lowest BCUT2D eigenvalue weighted by molar-refractivity contribution is -0.116. The third kappa shape index (κ3) is 4.34. The number of nitrogen functional groups attached to an aromatic ring is 1. The van der Waals surface area contributed by atoms with Crippen molar-refractivity contribution in [3.05, 3.63) is 17.7 Å². The van der Waals surface area contributed by atoms with Crippen molar-refractivity contribution in [2.45, 2.75) is 12.8 Å². The number of rotatable bonds is 7. The van der Waals surface area contributed by atoms with E-state index in [1.807, 2.05) is 12.1 Å². The van der Waals surface area contributed by atoms with Crippen molar-refractivity contribution in [3.63, 3.8) is 0 Å². The number of methoxy groups -OCH3 is 1. The first kappa shape index (κ1) is 15.6. The molecule has 6 nitrogen and oxygen atoms in total. The van der Waals surface area contributed by atoms with Gasteiger partial charge in [0.2, 0.25) is 5.91 Å². The van der Waals surface area contributed by atoms with Crippen LogP contribution in [0.15, 0.2) is 12.1 Å². The minimum atomic E-state index is 0.0578. The largest absolute Gasteiger partial charge is 0.397 e. The van der Waals surface area contributed by atoms with E-state index in [2.05, 4.69) is 22.6 Å². The van der Waals surface area contributed by atoms with E-state index in [9.17, 15) is 4.79 Å². The number of likely N-dealkylation sites (N-methyl/N-ethyl adjacent to an activating group) is 1. The Balaban J connectivity index is 1.90. The minimum Gasteiger partial charge on any atom is -0.397 e. The molecule has 0 fully saturated rings. The monoisotopic (exact) mass is 292 g/mol. The van der Waals surface area contributed by atoms with Gasteiger partial charge in [0.05, 0.1) is 18.0 Å². The fraction of sp³-hybridized carbons (Fsp3) is 0.533. The van der Waals surface area contributed by atoms with Crippen LogP contribution in [-0.4, -0.2) is 51.2 Å². The van der Waals surface area contributed by atoms with Crippen molar-refractivity contribution in [2.75, 3.05) is 56.8 Å². The summed E-state index contributed by atoms with van der Waals surface area (Å²) < 4.78 is 5.05. The van der Waals surface area contributed by atoms with E-state index < -0.39 is 0 Å². The van der Waals surface area contributed by atoms with E-state index in [0.717, 1.165) is 49.6 Å². The number of carbonyl (C=O) groups excluding carboxylic acids is 1. The fourth-order valence-electron chi connectivity index (χ4n) is 2.34. The Morgan fingerprint density at radius 3 is 2.95 bits per heavy atom. The number of ether oxygens (including phenoxy) is 1. The molecule has 1 aliphatic heterocycles. The van der Waals surface area contributed by atoms with E-state index in [4.69, 9.17) is 10.5 Å². The third-order valence-corrected chi connectivity index (χ3v) is 3.66. The fourth-order valence-corrected chi connectivity index (χ4v) is 2.34. The zero-order chi connectivity index (χ0) is 15.2. The number of aryl methyl sites for hydroxylation is 1. The Kier molecular flexibility index (Phi) is 5.41. The lowest BCUT2D eigenvalue weighted by Gasteiger charge is -2.21. The summed E-state index contributed by atoms with van der Waals surface area (Å²) in [6.45, 7) is 3.37. The Hall–Kier alpha value is -1.79. The summed E-state index contributed by atoms with van der Waals surface area (Å²) in [4.78, 5) is 13.6. The molecule has 0 spiro atoms. The first-order chi connectivity index (χ1) is 10.1. The van der Waals surface area contributed by atoms with Crippen molar-refractivity contribution in [1.29, 1.82) is 0 Å². The smallest absolute Gasteiger partial charge is 0.224 e. The molecule has 1 heterocycles. The number of carbonyl (C=O) groups is 1. The normalized spacial score (nSPS) is 14.0. The van der Waals surface area contributed by atoms with Gasteiger partial charge in [0.15, 0.2) is 0 Å². The van der Waals surface area contributed by atoms with Crippen LogP contribution in [0.1, 0.15) is 12.0 Å². The quantitative estimate of drug-likeness (QED) is 0.657. The molecule has 0 saturated carbocycles. The maximum atomic E-state index is 11.4. The van der Waals surface area contributed by atoms with Gasteiger partial charge in [-0.05, 0) is 31.2 Å². The number of benzene rings is 1. The molecule has 4 N–H and O–H groups in total. The van der Waals surface area contributed by atoms with E-state index in [-0.39, 0.29) is 5.91 Å². The van der Waals surface area contributed by atoms with Crippen molar-refractivity contribution >= 4 is 23.0 Å². The Morgan fingerprint density at radius 1 is 1.38 bits per heavy atom. The van der Waals surface area contributed by atoms with Gasteiger partial charge in [-0.3, -0.25) is 4.79 Å². The van der Waals surface area contributed by atoms with Gasteiger partial charge < -0.3 is 26.0 Å². The highest BCUT2D eigenvalue weighted by Crippen LogP contribution is 2.30. The van der Waals surface area contributed by atoms with Crippen molar-refractivity contribution < 1.29 is 9.53 Å². The zero-order valence-corrected chi connectivity index (χ0v) is 12.7. The summed E-state index contributed by atoms with van der Waals surface area (Å²) in [7, 11) is 3.77. The average Bonchev–Trinajstić information content (AvgIpc) is 2.45. The number of nitrogens with zero attached hydrogens (tertiary/aromatic N) is 1. The molecule has 2 rings (SSSR count). The summed E-state index contributed by atoms with van der Waals surface area (Å²) in [5.74, 6) is 0.0578. The molecule has 0 radical (unpaired) electrons. The highest BCUT2D eigenvalue weighted by Gasteiger charge is 2.16. The van der Waals surface area contributed by atoms with Gasteiger partial charge in [-0.2, -0.15) is 0 Å². The van der Waals surface area contributed by atoms with Crippen LogP contribution in [0.5, 0.6) is 0 Å². The van der Waals surface area contributed by atoms with Crippen molar-refractivity contribution in [2.24, 2.45) is 0 Å². The number of hydrogen-bond donors (Lipinski definition) is 3. The SMILES string of the molecule is COCCN(C)CCNc1cc2c(cc1N)NC(=O)CC2. The molecular weight excluding hydrogens is 268 g/mol. The molecule has 0 atom stereocenters. The second-order valence-corrected chi connectivity index (χ2v) is 5.37. The van der Waals surface area contributed by atoms with E-state index in [1.54, 1.807) is 7.11 Å². The molecule has 0 aliphatic carbocycles. The molecule has 1 aromatic rings. The van der Waals surface area contributed by atoms with Crippen LogP contribution in [0.4, 0.5) is 17.1 Å². The molecule has 0 saturated heterocycles.